The molecule has 33 heavy (non-hydrogen) atoms. The van der Waals surface area contributed by atoms with E-state index in [1.165, 1.54) is 17.8 Å². The summed E-state index contributed by atoms with van der Waals surface area (Å²) < 4.78 is 15.9. The van der Waals surface area contributed by atoms with E-state index in [9.17, 15) is 9.18 Å². The standard InChI is InChI=1S/C23H20Cl2FN5OS/c1-12-7-8-15(9-19(12)25)28-21(32)11-33-23-29-22-27-13(2)16(14(3)31(22)30-23)10-17-18(24)5-4-6-20(17)26/h4-9H,10-11H2,1-3H3,(H,28,32). The minimum Gasteiger partial charge on any atom is -0.325 e. The Balaban J connectivity index is 1.51. The predicted molar refractivity (Wildman–Crippen MR) is 130 cm³/mol. The van der Waals surface area contributed by atoms with Gasteiger partial charge in [0, 0.05) is 39.1 Å². The number of rotatable bonds is 6. The van der Waals surface area contributed by atoms with Gasteiger partial charge in [0.2, 0.25) is 11.1 Å². The highest BCUT2D eigenvalue weighted by Crippen LogP contribution is 2.26. The van der Waals surface area contributed by atoms with Crippen LogP contribution in [0.2, 0.25) is 10.0 Å². The molecule has 1 amide bonds. The van der Waals surface area contributed by atoms with Gasteiger partial charge < -0.3 is 5.32 Å². The molecular formula is C23H20Cl2FN5OS. The fourth-order valence-corrected chi connectivity index (χ4v) is 4.41. The summed E-state index contributed by atoms with van der Waals surface area (Å²) in [4.78, 5) is 21.3. The molecule has 2 aromatic carbocycles. The zero-order valence-corrected chi connectivity index (χ0v) is 20.4. The van der Waals surface area contributed by atoms with Gasteiger partial charge in [-0.25, -0.2) is 13.9 Å². The van der Waals surface area contributed by atoms with Crippen molar-refractivity contribution in [1.29, 1.82) is 0 Å². The number of halogens is 3. The molecule has 0 aliphatic carbocycles. The van der Waals surface area contributed by atoms with Crippen molar-refractivity contribution in [3.63, 3.8) is 0 Å². The Labute approximate surface area is 204 Å². The average molecular weight is 504 g/mol. The van der Waals surface area contributed by atoms with E-state index in [0.717, 1.165) is 22.5 Å². The molecular weight excluding hydrogens is 484 g/mol. The molecule has 0 saturated heterocycles. The zero-order chi connectivity index (χ0) is 23.7. The molecule has 0 spiro atoms. The lowest BCUT2D eigenvalue weighted by Crippen LogP contribution is -2.14. The van der Waals surface area contributed by atoms with Gasteiger partial charge in [0.1, 0.15) is 5.82 Å². The first-order chi connectivity index (χ1) is 15.7. The summed E-state index contributed by atoms with van der Waals surface area (Å²) in [5.74, 6) is -0.0220. The van der Waals surface area contributed by atoms with Crippen LogP contribution in [-0.2, 0) is 11.2 Å². The maximum absolute atomic E-state index is 14.3. The van der Waals surface area contributed by atoms with Gasteiger partial charge in [-0.2, -0.15) is 4.98 Å². The van der Waals surface area contributed by atoms with Crippen LogP contribution in [0.4, 0.5) is 10.1 Å². The smallest absolute Gasteiger partial charge is 0.253 e. The van der Waals surface area contributed by atoms with Crippen molar-refractivity contribution in [2.24, 2.45) is 0 Å². The number of thioether (sulfide) groups is 1. The molecule has 6 nitrogen and oxygen atoms in total. The van der Waals surface area contributed by atoms with Crippen LogP contribution in [0.5, 0.6) is 0 Å². The Kier molecular flexibility index (Phi) is 6.88. The number of fused-ring (bicyclic) bond motifs is 1. The normalized spacial score (nSPS) is 11.2. The largest absolute Gasteiger partial charge is 0.325 e. The van der Waals surface area contributed by atoms with E-state index in [-0.39, 0.29) is 23.9 Å². The van der Waals surface area contributed by atoms with Gasteiger partial charge in [-0.05, 0) is 56.2 Å². The van der Waals surface area contributed by atoms with E-state index >= 15 is 0 Å². The highest BCUT2D eigenvalue weighted by Gasteiger charge is 2.17. The van der Waals surface area contributed by atoms with E-state index in [1.54, 1.807) is 28.8 Å². The lowest BCUT2D eigenvalue weighted by atomic mass is 10.0. The molecule has 0 aliphatic heterocycles. The molecule has 0 saturated carbocycles. The van der Waals surface area contributed by atoms with Crippen LogP contribution >= 0.6 is 35.0 Å². The number of nitrogens with zero attached hydrogens (tertiary/aromatic N) is 4. The Morgan fingerprint density at radius 3 is 2.61 bits per heavy atom. The molecule has 0 atom stereocenters. The molecule has 0 bridgehead atoms. The number of nitrogens with one attached hydrogen (secondary N) is 1. The third kappa shape index (κ3) is 5.13. The van der Waals surface area contributed by atoms with Crippen molar-refractivity contribution in [1.82, 2.24) is 19.6 Å². The number of aromatic nitrogens is 4. The summed E-state index contributed by atoms with van der Waals surface area (Å²) in [5, 5.41) is 8.67. The van der Waals surface area contributed by atoms with Crippen LogP contribution < -0.4 is 5.32 Å². The van der Waals surface area contributed by atoms with Gasteiger partial charge in [-0.1, -0.05) is 47.1 Å². The molecule has 170 valence electrons. The highest BCUT2D eigenvalue weighted by molar-refractivity contribution is 7.99. The van der Waals surface area contributed by atoms with Crippen LogP contribution in [-0.4, -0.2) is 31.2 Å². The van der Waals surface area contributed by atoms with E-state index < -0.39 is 0 Å². The van der Waals surface area contributed by atoms with Gasteiger partial charge in [0.15, 0.2) is 0 Å². The van der Waals surface area contributed by atoms with Gasteiger partial charge in [-0.15, -0.1) is 5.10 Å². The van der Waals surface area contributed by atoms with Crippen molar-refractivity contribution in [2.45, 2.75) is 32.3 Å². The SMILES string of the molecule is Cc1ccc(NC(=O)CSc2nc3nc(C)c(Cc4c(F)cccc4Cl)c(C)n3n2)cc1Cl. The molecule has 2 aromatic heterocycles. The second kappa shape index (κ2) is 9.67. The van der Waals surface area contributed by atoms with Crippen LogP contribution in [0.1, 0.15) is 28.1 Å². The number of amides is 1. The van der Waals surface area contributed by atoms with E-state index in [0.29, 0.717) is 32.2 Å². The molecule has 10 heteroatoms. The lowest BCUT2D eigenvalue weighted by Gasteiger charge is -2.12. The maximum atomic E-state index is 14.3. The van der Waals surface area contributed by atoms with Crippen molar-refractivity contribution < 1.29 is 9.18 Å². The molecule has 4 rings (SSSR count). The van der Waals surface area contributed by atoms with Crippen LogP contribution in [0.25, 0.3) is 5.78 Å². The molecule has 0 aliphatic rings. The van der Waals surface area contributed by atoms with Crippen LogP contribution in [0.15, 0.2) is 41.6 Å². The predicted octanol–water partition coefficient (Wildman–Crippen LogP) is 5.82. The number of hydrogen-bond donors (Lipinski definition) is 1. The quantitative estimate of drug-likeness (QED) is 0.335. The number of anilines is 1. The minimum absolute atomic E-state index is 0.123. The van der Waals surface area contributed by atoms with Gasteiger partial charge in [0.25, 0.3) is 5.78 Å². The summed E-state index contributed by atoms with van der Waals surface area (Å²) in [5.41, 5.74) is 4.31. The molecule has 0 fully saturated rings. The Bertz CT molecular complexity index is 1350. The number of carbonyl (C=O) groups excluding carboxylic acids is 1. The van der Waals surface area contributed by atoms with Gasteiger partial charge in [-0.3, -0.25) is 4.79 Å². The highest BCUT2D eigenvalue weighted by atomic mass is 35.5. The average Bonchev–Trinajstić information content (AvgIpc) is 3.17. The number of carbonyl (C=O) groups is 1. The first kappa shape index (κ1) is 23.5. The fourth-order valence-electron chi connectivity index (χ4n) is 3.38. The Morgan fingerprint density at radius 1 is 1.09 bits per heavy atom. The topological polar surface area (TPSA) is 72.2 Å². The van der Waals surface area contributed by atoms with Crippen molar-refractivity contribution in [2.75, 3.05) is 11.1 Å². The summed E-state index contributed by atoms with van der Waals surface area (Å²) in [6, 6.07) is 9.98. The molecule has 4 aromatic rings. The lowest BCUT2D eigenvalue weighted by molar-refractivity contribution is -0.113. The molecule has 2 heterocycles. The third-order valence-corrected chi connectivity index (χ3v) is 6.83. The summed E-state index contributed by atoms with van der Waals surface area (Å²) in [6.07, 6.45) is 0.288. The first-order valence-electron chi connectivity index (χ1n) is 10.1. The van der Waals surface area contributed by atoms with E-state index in [1.807, 2.05) is 26.8 Å². The zero-order valence-electron chi connectivity index (χ0n) is 18.1. The second-order valence-corrected chi connectivity index (χ2v) is 9.30. The van der Waals surface area contributed by atoms with Gasteiger partial charge in [0.05, 0.1) is 5.75 Å². The Hall–Kier alpha value is -2.68. The fraction of sp³-hybridized carbons (Fsp3) is 0.217. The number of benzene rings is 2. The second-order valence-electron chi connectivity index (χ2n) is 7.55. The first-order valence-corrected chi connectivity index (χ1v) is 11.8. The van der Waals surface area contributed by atoms with E-state index in [2.05, 4.69) is 20.4 Å². The van der Waals surface area contributed by atoms with Crippen LogP contribution in [0.3, 0.4) is 0 Å². The number of aryl methyl sites for hydroxylation is 3. The minimum atomic E-state index is -0.364. The Morgan fingerprint density at radius 2 is 1.88 bits per heavy atom. The maximum Gasteiger partial charge on any atom is 0.253 e. The van der Waals surface area contributed by atoms with E-state index in [4.69, 9.17) is 23.2 Å². The van der Waals surface area contributed by atoms with Crippen molar-refractivity contribution >= 4 is 52.3 Å². The summed E-state index contributed by atoms with van der Waals surface area (Å²) >= 11 is 13.5. The third-order valence-electron chi connectivity index (χ3n) is 5.23. The van der Waals surface area contributed by atoms with Crippen LogP contribution in [0, 0.1) is 26.6 Å². The summed E-state index contributed by atoms with van der Waals surface area (Å²) in [7, 11) is 0. The molecule has 1 N–H and O–H groups in total. The van der Waals surface area contributed by atoms with Crippen molar-refractivity contribution in [3.05, 3.63) is 80.3 Å². The molecule has 0 unspecified atom stereocenters. The molecule has 0 radical (unpaired) electrons. The van der Waals surface area contributed by atoms with Gasteiger partial charge >= 0.3 is 0 Å². The number of hydrogen-bond acceptors (Lipinski definition) is 5. The monoisotopic (exact) mass is 503 g/mol. The van der Waals surface area contributed by atoms with Crippen molar-refractivity contribution in [3.8, 4) is 0 Å². The summed E-state index contributed by atoms with van der Waals surface area (Å²) in [6.45, 7) is 5.62.